The molecule has 2 nitrogen and oxygen atoms in total. The van der Waals surface area contributed by atoms with Gasteiger partial charge in [-0.1, -0.05) is 13.3 Å². The van der Waals surface area contributed by atoms with Gasteiger partial charge in [0.25, 0.3) is 0 Å². The van der Waals surface area contributed by atoms with Crippen molar-refractivity contribution in [2.45, 2.75) is 45.1 Å². The molecule has 1 aliphatic heterocycles. The Morgan fingerprint density at radius 2 is 2.38 bits per heavy atom. The second-order valence-corrected chi connectivity index (χ2v) is 4.82. The molecule has 0 amide bonds. The molecule has 2 heteroatoms. The molecule has 1 atom stereocenters. The molecule has 16 heavy (non-hydrogen) atoms. The fraction of sp³-hybridized carbons (Fsp3) is 0.643. The van der Waals surface area contributed by atoms with Crippen LogP contribution in [0.3, 0.4) is 0 Å². The van der Waals surface area contributed by atoms with Crippen LogP contribution in [0.1, 0.15) is 49.8 Å². The van der Waals surface area contributed by atoms with E-state index in [4.69, 9.17) is 0 Å². The minimum atomic E-state index is 0.612. The summed E-state index contributed by atoms with van der Waals surface area (Å²) in [7, 11) is 2.23. The van der Waals surface area contributed by atoms with Crippen LogP contribution in [-0.4, -0.2) is 23.5 Å². The summed E-state index contributed by atoms with van der Waals surface area (Å²) >= 11 is 0. The minimum Gasteiger partial charge on any atom is -0.299 e. The van der Waals surface area contributed by atoms with E-state index in [1.165, 1.54) is 49.8 Å². The number of rotatable bonds is 4. The highest BCUT2D eigenvalue weighted by molar-refractivity contribution is 5.27. The predicted octanol–water partition coefficient (Wildman–Crippen LogP) is 3.19. The van der Waals surface area contributed by atoms with Gasteiger partial charge in [-0.15, -0.1) is 0 Å². The lowest BCUT2D eigenvalue weighted by Gasteiger charge is -2.22. The maximum Gasteiger partial charge on any atom is 0.0363 e. The summed E-state index contributed by atoms with van der Waals surface area (Å²) in [4.78, 5) is 6.77. The second-order valence-electron chi connectivity index (χ2n) is 4.82. The molecule has 1 aromatic rings. The average Bonchev–Trinajstić information content (AvgIpc) is 2.73. The maximum absolute atomic E-state index is 4.31. The van der Waals surface area contributed by atoms with E-state index in [-0.39, 0.29) is 0 Å². The van der Waals surface area contributed by atoms with Crippen molar-refractivity contribution in [3.05, 3.63) is 29.6 Å². The average molecular weight is 218 g/mol. The Kier molecular flexibility index (Phi) is 3.94. The summed E-state index contributed by atoms with van der Waals surface area (Å²) in [6.07, 6.45) is 10.4. The molecule has 1 unspecified atom stereocenters. The van der Waals surface area contributed by atoms with Crippen LogP contribution in [0.2, 0.25) is 0 Å². The Labute approximate surface area is 98.7 Å². The number of likely N-dealkylation sites (tertiary alicyclic amines) is 1. The first-order chi connectivity index (χ1) is 7.83. The number of hydrogen-bond donors (Lipinski definition) is 0. The highest BCUT2D eigenvalue weighted by Crippen LogP contribution is 2.32. The van der Waals surface area contributed by atoms with Crippen LogP contribution < -0.4 is 0 Å². The van der Waals surface area contributed by atoms with E-state index in [0.717, 1.165) is 0 Å². The Morgan fingerprint density at radius 1 is 1.50 bits per heavy atom. The zero-order chi connectivity index (χ0) is 11.4. The van der Waals surface area contributed by atoms with Crippen LogP contribution in [0.15, 0.2) is 18.5 Å². The topological polar surface area (TPSA) is 16.1 Å². The normalized spacial score (nSPS) is 21.5. The summed E-state index contributed by atoms with van der Waals surface area (Å²) < 4.78 is 0. The van der Waals surface area contributed by atoms with Crippen molar-refractivity contribution >= 4 is 0 Å². The Hall–Kier alpha value is -0.890. The van der Waals surface area contributed by atoms with Crippen molar-refractivity contribution in [2.75, 3.05) is 13.6 Å². The lowest BCUT2D eigenvalue weighted by Crippen LogP contribution is -2.19. The zero-order valence-corrected chi connectivity index (χ0v) is 10.4. The predicted molar refractivity (Wildman–Crippen MR) is 67.5 cm³/mol. The van der Waals surface area contributed by atoms with Crippen LogP contribution in [0.5, 0.6) is 0 Å². The number of aromatic nitrogens is 1. The lowest BCUT2D eigenvalue weighted by molar-refractivity contribution is 0.315. The number of unbranched alkanes of at least 4 members (excludes halogenated alkanes) is 1. The van der Waals surface area contributed by atoms with Gasteiger partial charge in [0.2, 0.25) is 0 Å². The van der Waals surface area contributed by atoms with Crippen LogP contribution in [0, 0.1) is 0 Å². The number of hydrogen-bond acceptors (Lipinski definition) is 2. The van der Waals surface area contributed by atoms with Gasteiger partial charge in [-0.05, 0) is 56.5 Å². The number of aryl methyl sites for hydroxylation is 1. The summed E-state index contributed by atoms with van der Waals surface area (Å²) in [5, 5.41) is 0. The maximum atomic E-state index is 4.31. The van der Waals surface area contributed by atoms with Crippen LogP contribution in [0.25, 0.3) is 0 Å². The molecule has 0 saturated carbocycles. The van der Waals surface area contributed by atoms with E-state index in [9.17, 15) is 0 Å². The van der Waals surface area contributed by atoms with Crippen LogP contribution in [-0.2, 0) is 6.42 Å². The number of pyridine rings is 1. The van der Waals surface area contributed by atoms with E-state index in [0.29, 0.717) is 6.04 Å². The highest BCUT2D eigenvalue weighted by atomic mass is 15.1. The second kappa shape index (κ2) is 5.44. The van der Waals surface area contributed by atoms with Crippen LogP contribution >= 0.6 is 0 Å². The van der Waals surface area contributed by atoms with Gasteiger partial charge in [-0.3, -0.25) is 9.88 Å². The standard InChI is InChI=1S/C14H22N2/c1-3-4-6-12-8-9-15-11-13(12)14-7-5-10-16(14)2/h8-9,11,14H,3-7,10H2,1-2H3. The van der Waals surface area contributed by atoms with Gasteiger partial charge >= 0.3 is 0 Å². The van der Waals surface area contributed by atoms with Crippen LogP contribution in [0.4, 0.5) is 0 Å². The van der Waals surface area contributed by atoms with Gasteiger partial charge in [-0.2, -0.15) is 0 Å². The Bertz CT molecular complexity index is 335. The van der Waals surface area contributed by atoms with Crippen molar-refractivity contribution in [1.29, 1.82) is 0 Å². The smallest absolute Gasteiger partial charge is 0.0363 e. The Morgan fingerprint density at radius 3 is 3.06 bits per heavy atom. The van der Waals surface area contributed by atoms with Gasteiger partial charge in [0.1, 0.15) is 0 Å². The quantitative estimate of drug-likeness (QED) is 0.771. The van der Waals surface area contributed by atoms with Gasteiger partial charge < -0.3 is 0 Å². The van der Waals surface area contributed by atoms with Gasteiger partial charge in [0.05, 0.1) is 0 Å². The molecule has 1 fully saturated rings. The molecule has 1 aliphatic rings. The Balaban J connectivity index is 2.18. The molecular weight excluding hydrogens is 196 g/mol. The summed E-state index contributed by atoms with van der Waals surface area (Å²) in [6, 6.07) is 2.82. The van der Waals surface area contributed by atoms with Gasteiger partial charge in [0.15, 0.2) is 0 Å². The molecule has 2 heterocycles. The third-order valence-corrected chi connectivity index (χ3v) is 3.63. The largest absolute Gasteiger partial charge is 0.299 e. The summed E-state index contributed by atoms with van der Waals surface area (Å²) in [5.74, 6) is 0. The molecule has 1 saturated heterocycles. The summed E-state index contributed by atoms with van der Waals surface area (Å²) in [5.41, 5.74) is 2.98. The monoisotopic (exact) mass is 218 g/mol. The first-order valence-corrected chi connectivity index (χ1v) is 6.46. The van der Waals surface area contributed by atoms with E-state index in [1.54, 1.807) is 0 Å². The van der Waals surface area contributed by atoms with Gasteiger partial charge in [0, 0.05) is 18.4 Å². The molecule has 0 N–H and O–H groups in total. The molecular formula is C14H22N2. The molecule has 0 bridgehead atoms. The van der Waals surface area contributed by atoms with E-state index < -0.39 is 0 Å². The first-order valence-electron chi connectivity index (χ1n) is 6.46. The molecule has 1 aromatic heterocycles. The highest BCUT2D eigenvalue weighted by Gasteiger charge is 2.24. The third kappa shape index (κ3) is 2.43. The lowest BCUT2D eigenvalue weighted by atomic mass is 9.97. The first kappa shape index (κ1) is 11.6. The fourth-order valence-corrected chi connectivity index (χ4v) is 2.63. The van der Waals surface area contributed by atoms with Crippen molar-refractivity contribution < 1.29 is 0 Å². The molecule has 0 spiro atoms. The van der Waals surface area contributed by atoms with E-state index in [1.807, 2.05) is 6.20 Å². The van der Waals surface area contributed by atoms with Crippen molar-refractivity contribution in [3.8, 4) is 0 Å². The van der Waals surface area contributed by atoms with E-state index >= 15 is 0 Å². The van der Waals surface area contributed by atoms with Gasteiger partial charge in [-0.25, -0.2) is 0 Å². The van der Waals surface area contributed by atoms with Crippen molar-refractivity contribution in [1.82, 2.24) is 9.88 Å². The third-order valence-electron chi connectivity index (χ3n) is 3.63. The molecule has 0 aliphatic carbocycles. The molecule has 0 aromatic carbocycles. The molecule has 2 rings (SSSR count). The van der Waals surface area contributed by atoms with Crippen molar-refractivity contribution in [2.24, 2.45) is 0 Å². The molecule has 0 radical (unpaired) electrons. The minimum absolute atomic E-state index is 0.612. The zero-order valence-electron chi connectivity index (χ0n) is 10.4. The van der Waals surface area contributed by atoms with Crippen molar-refractivity contribution in [3.63, 3.8) is 0 Å². The van der Waals surface area contributed by atoms with E-state index in [2.05, 4.69) is 36.1 Å². The molecule has 88 valence electrons. The SMILES string of the molecule is CCCCc1ccncc1C1CCCN1C. The number of nitrogens with zero attached hydrogens (tertiary/aromatic N) is 2. The fourth-order valence-electron chi connectivity index (χ4n) is 2.63. The summed E-state index contributed by atoms with van der Waals surface area (Å²) in [6.45, 7) is 3.48.